The molecule has 0 bridgehead atoms. The first-order chi connectivity index (χ1) is 12.4. The minimum absolute atomic E-state index is 0.106. The van der Waals surface area contributed by atoms with Gasteiger partial charge in [0.15, 0.2) is 0 Å². The Hall–Kier alpha value is -1.69. The molecule has 1 saturated heterocycles. The van der Waals surface area contributed by atoms with Crippen molar-refractivity contribution >= 4 is 34.8 Å². The summed E-state index contributed by atoms with van der Waals surface area (Å²) in [6, 6.07) is 8.42. The van der Waals surface area contributed by atoms with Crippen LogP contribution in [-0.2, 0) is 9.53 Å². The molecule has 1 aliphatic heterocycles. The van der Waals surface area contributed by atoms with Gasteiger partial charge in [-0.15, -0.1) is 0 Å². The second kappa shape index (κ2) is 7.91. The zero-order valence-electron chi connectivity index (χ0n) is 14.0. The number of carbonyl (C=O) groups excluding carboxylic acids is 1. The van der Waals surface area contributed by atoms with Gasteiger partial charge in [0, 0.05) is 37.6 Å². The molecule has 0 aromatic heterocycles. The number of carbonyl (C=O) groups is 1. The number of nitrogens with zero attached hydrogens (tertiary/aromatic N) is 1. The smallest absolute Gasteiger partial charge is 0.227 e. The van der Waals surface area contributed by atoms with E-state index in [4.69, 9.17) is 27.9 Å². The van der Waals surface area contributed by atoms with E-state index in [9.17, 15) is 13.6 Å². The van der Waals surface area contributed by atoms with Gasteiger partial charge in [0.1, 0.15) is 11.6 Å². The topological polar surface area (TPSA) is 29.5 Å². The Kier molecular flexibility index (Phi) is 5.80. The number of rotatable bonds is 4. The van der Waals surface area contributed by atoms with Gasteiger partial charge in [-0.25, -0.2) is 8.78 Å². The van der Waals surface area contributed by atoms with E-state index in [0.717, 1.165) is 6.07 Å². The van der Waals surface area contributed by atoms with E-state index in [-0.39, 0.29) is 30.4 Å². The van der Waals surface area contributed by atoms with Gasteiger partial charge in [0.2, 0.25) is 5.91 Å². The van der Waals surface area contributed by atoms with E-state index in [2.05, 4.69) is 0 Å². The van der Waals surface area contributed by atoms with Crippen LogP contribution in [0.3, 0.4) is 0 Å². The van der Waals surface area contributed by atoms with Gasteiger partial charge in [-0.1, -0.05) is 35.3 Å². The van der Waals surface area contributed by atoms with Crippen molar-refractivity contribution in [1.29, 1.82) is 0 Å². The predicted molar refractivity (Wildman–Crippen MR) is 97.6 cm³/mol. The summed E-state index contributed by atoms with van der Waals surface area (Å²) in [6.07, 6.45) is 0.161. The van der Waals surface area contributed by atoms with Gasteiger partial charge in [0.25, 0.3) is 0 Å². The highest BCUT2D eigenvalue weighted by Crippen LogP contribution is 2.40. The lowest BCUT2D eigenvalue weighted by atomic mass is 9.87. The van der Waals surface area contributed by atoms with Gasteiger partial charge in [0.05, 0.1) is 21.8 Å². The van der Waals surface area contributed by atoms with Crippen molar-refractivity contribution in [2.75, 3.05) is 18.6 Å². The number of piperidine rings is 1. The fraction of sp³-hybridized carbons (Fsp3) is 0.316. The minimum Gasteiger partial charge on any atom is -0.376 e. The Balaban J connectivity index is 1.92. The lowest BCUT2D eigenvalue weighted by molar-refractivity contribution is -0.121. The summed E-state index contributed by atoms with van der Waals surface area (Å²) in [5, 5.41) is 0.738. The third-order valence-electron chi connectivity index (χ3n) is 4.61. The molecule has 0 radical (unpaired) electrons. The number of ether oxygens (including phenoxy) is 1. The van der Waals surface area contributed by atoms with Crippen molar-refractivity contribution in [2.45, 2.75) is 18.9 Å². The van der Waals surface area contributed by atoms with E-state index in [1.165, 1.54) is 24.1 Å². The van der Waals surface area contributed by atoms with Crippen LogP contribution in [0, 0.1) is 17.6 Å². The van der Waals surface area contributed by atoms with Crippen LogP contribution in [0.2, 0.25) is 10.0 Å². The van der Waals surface area contributed by atoms with Crippen LogP contribution in [0.5, 0.6) is 0 Å². The van der Waals surface area contributed by atoms with E-state index in [0.29, 0.717) is 22.2 Å². The van der Waals surface area contributed by atoms with E-state index in [1.807, 2.05) is 0 Å². The number of amides is 1. The number of hydrogen-bond acceptors (Lipinski definition) is 2. The Morgan fingerprint density at radius 2 is 1.88 bits per heavy atom. The largest absolute Gasteiger partial charge is 0.376 e. The van der Waals surface area contributed by atoms with Crippen LogP contribution in [0.15, 0.2) is 36.4 Å². The highest BCUT2D eigenvalue weighted by Gasteiger charge is 2.35. The third kappa shape index (κ3) is 3.70. The van der Waals surface area contributed by atoms with E-state index < -0.39 is 17.7 Å². The zero-order valence-corrected chi connectivity index (χ0v) is 15.5. The monoisotopic (exact) mass is 399 g/mol. The summed E-state index contributed by atoms with van der Waals surface area (Å²) in [6.45, 7) is 0.275. The average molecular weight is 400 g/mol. The standard InChI is InChI=1S/C19H17Cl2F2NO2/c1-26-19(13-7-6-12(22)9-16(13)23)11-5-8-17(25)24(10-11)18-14(20)3-2-4-15(18)21/h2-4,6-7,9,11,19H,5,8,10H2,1H3. The van der Waals surface area contributed by atoms with Crippen LogP contribution in [0.4, 0.5) is 14.5 Å². The van der Waals surface area contributed by atoms with Gasteiger partial charge < -0.3 is 9.64 Å². The summed E-state index contributed by atoms with van der Waals surface area (Å²) in [4.78, 5) is 14.0. The number of benzene rings is 2. The highest BCUT2D eigenvalue weighted by molar-refractivity contribution is 6.39. The van der Waals surface area contributed by atoms with Crippen molar-refractivity contribution < 1.29 is 18.3 Å². The van der Waals surface area contributed by atoms with Crippen molar-refractivity contribution in [3.8, 4) is 0 Å². The molecule has 3 rings (SSSR count). The van der Waals surface area contributed by atoms with E-state index in [1.54, 1.807) is 18.2 Å². The maximum atomic E-state index is 14.2. The van der Waals surface area contributed by atoms with Crippen molar-refractivity contribution in [1.82, 2.24) is 0 Å². The summed E-state index contributed by atoms with van der Waals surface area (Å²) < 4.78 is 33.0. The lowest BCUT2D eigenvalue weighted by Crippen LogP contribution is -2.42. The maximum Gasteiger partial charge on any atom is 0.227 e. The molecule has 0 saturated carbocycles. The minimum atomic E-state index is -0.670. The molecule has 1 amide bonds. The molecule has 1 aliphatic rings. The molecule has 1 heterocycles. The molecule has 2 atom stereocenters. The molecule has 2 unspecified atom stereocenters. The summed E-state index contributed by atoms with van der Waals surface area (Å²) in [5.74, 6) is -1.61. The van der Waals surface area contributed by atoms with Crippen molar-refractivity contribution in [3.05, 3.63) is 63.6 Å². The quantitative estimate of drug-likeness (QED) is 0.688. The van der Waals surface area contributed by atoms with Crippen LogP contribution in [0.1, 0.15) is 24.5 Å². The first-order valence-corrected chi connectivity index (χ1v) is 8.90. The second-order valence-corrected chi connectivity index (χ2v) is 7.01. The molecule has 0 N–H and O–H groups in total. The lowest BCUT2D eigenvalue weighted by Gasteiger charge is -2.37. The van der Waals surface area contributed by atoms with Crippen molar-refractivity contribution in [3.63, 3.8) is 0 Å². The molecule has 0 spiro atoms. The molecule has 0 aliphatic carbocycles. The molecule has 2 aromatic rings. The molecular weight excluding hydrogens is 383 g/mol. The summed E-state index contributed by atoms with van der Waals surface area (Å²) >= 11 is 12.5. The fourth-order valence-corrected chi connectivity index (χ4v) is 3.99. The Morgan fingerprint density at radius 3 is 2.50 bits per heavy atom. The Labute approximate surface area is 160 Å². The Bertz CT molecular complexity index is 811. The molecule has 138 valence electrons. The normalized spacial score (nSPS) is 18.9. The number of halogens is 4. The first-order valence-electron chi connectivity index (χ1n) is 8.14. The van der Waals surface area contributed by atoms with Gasteiger partial charge >= 0.3 is 0 Å². The first kappa shape index (κ1) is 19.1. The number of hydrogen-bond donors (Lipinski definition) is 0. The number of para-hydroxylation sites is 1. The Morgan fingerprint density at radius 1 is 1.19 bits per heavy atom. The van der Waals surface area contributed by atoms with Crippen LogP contribution in [-0.4, -0.2) is 19.6 Å². The van der Waals surface area contributed by atoms with Crippen molar-refractivity contribution in [2.24, 2.45) is 5.92 Å². The van der Waals surface area contributed by atoms with Crippen LogP contribution < -0.4 is 4.90 Å². The second-order valence-electron chi connectivity index (χ2n) is 6.20. The SMILES string of the molecule is COC(c1ccc(F)cc1F)C1CCC(=O)N(c2c(Cl)cccc2Cl)C1. The van der Waals surface area contributed by atoms with Gasteiger partial charge in [-0.3, -0.25) is 4.79 Å². The molecule has 1 fully saturated rings. The van der Waals surface area contributed by atoms with Crippen LogP contribution in [0.25, 0.3) is 0 Å². The molecule has 2 aromatic carbocycles. The molecule has 26 heavy (non-hydrogen) atoms. The zero-order chi connectivity index (χ0) is 18.8. The third-order valence-corrected chi connectivity index (χ3v) is 5.22. The fourth-order valence-electron chi connectivity index (χ4n) is 3.39. The van der Waals surface area contributed by atoms with Crippen LogP contribution >= 0.6 is 23.2 Å². The number of methoxy groups -OCH3 is 1. The molecular formula is C19H17Cl2F2NO2. The predicted octanol–water partition coefficient (Wildman–Crippen LogP) is 5.40. The molecule has 3 nitrogen and oxygen atoms in total. The summed E-state index contributed by atoms with van der Waals surface area (Å²) in [5.41, 5.74) is 0.707. The molecule has 7 heteroatoms. The average Bonchev–Trinajstić information content (AvgIpc) is 2.59. The number of anilines is 1. The van der Waals surface area contributed by atoms with E-state index >= 15 is 0 Å². The summed E-state index contributed by atoms with van der Waals surface area (Å²) in [7, 11) is 1.47. The van der Waals surface area contributed by atoms with Gasteiger partial charge in [-0.05, 0) is 24.6 Å². The highest BCUT2D eigenvalue weighted by atomic mass is 35.5. The maximum absolute atomic E-state index is 14.2. The van der Waals surface area contributed by atoms with Gasteiger partial charge in [-0.2, -0.15) is 0 Å².